The molecule has 2 saturated heterocycles. The lowest BCUT2D eigenvalue weighted by atomic mass is 9.78. The molecule has 1 aromatic heterocycles. The number of nitrogens with one attached hydrogen (secondary N) is 1. The number of fused-ring (bicyclic) bond motifs is 1. The molecule has 3 amide bonds. The number of nitrogens with zero attached hydrogens (tertiary/aromatic N) is 3. The molecular weight excluding hydrogens is 517 g/mol. The number of aromatic nitrogens is 1. The lowest BCUT2D eigenvalue weighted by molar-refractivity contribution is -0.138. The Morgan fingerprint density at radius 3 is 2.56 bits per heavy atom. The van der Waals surface area contributed by atoms with Crippen molar-refractivity contribution in [1.82, 2.24) is 20.1 Å². The maximum atomic E-state index is 13.0. The highest BCUT2D eigenvalue weighted by molar-refractivity contribution is 6.05. The fourth-order valence-corrected chi connectivity index (χ4v) is 5.69. The molecular formula is C27H29F3N4O5. The molecule has 1 aromatic carbocycles. The van der Waals surface area contributed by atoms with Gasteiger partial charge in [0.25, 0.3) is 5.91 Å². The average molecular weight is 547 g/mol. The molecule has 208 valence electrons. The lowest BCUT2D eigenvalue weighted by Gasteiger charge is -2.44. The number of imide groups is 1. The summed E-state index contributed by atoms with van der Waals surface area (Å²) in [6, 6.07) is 7.53. The molecule has 3 atom stereocenters. The Balaban J connectivity index is 1.31. The maximum Gasteiger partial charge on any atom is 0.416 e. The van der Waals surface area contributed by atoms with Crippen molar-refractivity contribution < 1.29 is 37.4 Å². The molecule has 3 aliphatic rings. The van der Waals surface area contributed by atoms with Crippen LogP contribution in [-0.2, 0) is 39.2 Å². The second-order valence-corrected chi connectivity index (χ2v) is 10.3. The fourth-order valence-electron chi connectivity index (χ4n) is 5.69. The van der Waals surface area contributed by atoms with E-state index in [0.717, 1.165) is 17.7 Å². The number of alkyl halides is 3. The topological polar surface area (TPSA) is 112 Å². The quantitative estimate of drug-likeness (QED) is 0.535. The molecule has 1 unspecified atom stereocenters. The van der Waals surface area contributed by atoms with Crippen molar-refractivity contribution in [2.75, 3.05) is 26.8 Å². The highest BCUT2D eigenvalue weighted by atomic mass is 19.4. The van der Waals surface area contributed by atoms with Crippen molar-refractivity contribution >= 4 is 17.7 Å². The van der Waals surface area contributed by atoms with E-state index < -0.39 is 29.3 Å². The minimum absolute atomic E-state index is 0.0966. The summed E-state index contributed by atoms with van der Waals surface area (Å²) in [7, 11) is 1.53. The van der Waals surface area contributed by atoms with Gasteiger partial charge in [-0.15, -0.1) is 0 Å². The van der Waals surface area contributed by atoms with Gasteiger partial charge in [-0.25, -0.2) is 0 Å². The number of hydrogen-bond donors (Lipinski definition) is 2. The first-order valence-electron chi connectivity index (χ1n) is 12.7. The van der Waals surface area contributed by atoms with E-state index in [1.54, 1.807) is 12.1 Å². The van der Waals surface area contributed by atoms with Gasteiger partial charge in [-0.05, 0) is 42.7 Å². The standard InChI is InChI=1S/C27H29F3N4O5/c1-39-15-18-13-33(12-16-2-4-17(5-3-16)27(28,29)30)11-10-26(18,38)22-8-6-19-20(31-22)14-34(25(19)37)21-7-9-23(35)32-24(21)36/h2-6,8,18,21,38H,7,9-15H2,1H3,(H,32,35,36)/t18-,21?,26+/m0/s1. The Labute approximate surface area is 222 Å². The number of likely N-dealkylation sites (tertiary alicyclic amines) is 1. The van der Waals surface area contributed by atoms with Crippen molar-refractivity contribution in [2.45, 2.75) is 50.2 Å². The van der Waals surface area contributed by atoms with Gasteiger partial charge in [0, 0.05) is 39.1 Å². The predicted octanol–water partition coefficient (Wildman–Crippen LogP) is 2.22. The van der Waals surface area contributed by atoms with E-state index in [1.807, 2.05) is 0 Å². The van der Waals surface area contributed by atoms with Crippen molar-refractivity contribution in [1.29, 1.82) is 0 Å². The molecule has 9 nitrogen and oxygen atoms in total. The summed E-state index contributed by atoms with van der Waals surface area (Å²) in [4.78, 5) is 45.0. The minimum Gasteiger partial charge on any atom is -0.384 e. The largest absolute Gasteiger partial charge is 0.416 e. The Bertz CT molecular complexity index is 1290. The fraction of sp³-hybridized carbons (Fsp3) is 0.481. The maximum absolute atomic E-state index is 13.0. The Morgan fingerprint density at radius 2 is 1.90 bits per heavy atom. The van der Waals surface area contributed by atoms with Gasteiger partial charge < -0.3 is 14.7 Å². The van der Waals surface area contributed by atoms with Crippen LogP contribution in [0, 0.1) is 5.92 Å². The van der Waals surface area contributed by atoms with E-state index in [1.165, 1.54) is 24.1 Å². The Morgan fingerprint density at radius 1 is 1.15 bits per heavy atom. The first kappa shape index (κ1) is 27.2. The number of hydrogen-bond acceptors (Lipinski definition) is 7. The summed E-state index contributed by atoms with van der Waals surface area (Å²) < 4.78 is 44.1. The zero-order chi connectivity index (χ0) is 27.9. The molecule has 0 saturated carbocycles. The van der Waals surface area contributed by atoms with Gasteiger partial charge in [0.1, 0.15) is 11.6 Å². The molecule has 0 aliphatic carbocycles. The van der Waals surface area contributed by atoms with Crippen LogP contribution in [0.15, 0.2) is 36.4 Å². The van der Waals surface area contributed by atoms with Crippen molar-refractivity contribution in [3.63, 3.8) is 0 Å². The number of ether oxygens (including phenoxy) is 1. The van der Waals surface area contributed by atoms with Crippen molar-refractivity contribution in [3.8, 4) is 0 Å². The van der Waals surface area contributed by atoms with Crippen molar-refractivity contribution in [3.05, 3.63) is 64.5 Å². The predicted molar refractivity (Wildman–Crippen MR) is 131 cm³/mol. The van der Waals surface area contributed by atoms with Gasteiger partial charge in [0.15, 0.2) is 0 Å². The number of rotatable bonds is 6. The van der Waals surface area contributed by atoms with Gasteiger partial charge in [0.2, 0.25) is 11.8 Å². The summed E-state index contributed by atoms with van der Waals surface area (Å²) in [6.45, 7) is 1.63. The summed E-state index contributed by atoms with van der Waals surface area (Å²) in [5, 5.41) is 14.1. The van der Waals surface area contributed by atoms with Crippen LogP contribution >= 0.6 is 0 Å². The van der Waals surface area contributed by atoms with Crippen LogP contribution in [0.4, 0.5) is 13.2 Å². The number of carbonyl (C=O) groups excluding carboxylic acids is 3. The van der Waals surface area contributed by atoms with Gasteiger partial charge >= 0.3 is 6.18 Å². The SMILES string of the molecule is COC[C@@H]1CN(Cc2ccc(C(F)(F)F)cc2)CC[C@]1(O)c1ccc2c(n1)CN(C1CCC(=O)NC1=O)C2=O. The molecule has 12 heteroatoms. The summed E-state index contributed by atoms with van der Waals surface area (Å²) >= 11 is 0. The molecule has 39 heavy (non-hydrogen) atoms. The van der Waals surface area contributed by atoms with Crippen LogP contribution in [0.1, 0.15) is 52.1 Å². The number of carbonyl (C=O) groups is 3. The molecule has 2 aromatic rings. The first-order chi connectivity index (χ1) is 18.5. The zero-order valence-corrected chi connectivity index (χ0v) is 21.3. The van der Waals surface area contributed by atoms with E-state index >= 15 is 0 Å². The van der Waals surface area contributed by atoms with Crippen LogP contribution in [0.25, 0.3) is 0 Å². The van der Waals surface area contributed by atoms with Crippen LogP contribution in [0.5, 0.6) is 0 Å². The monoisotopic (exact) mass is 546 g/mol. The Kier molecular flexibility index (Phi) is 7.21. The number of benzene rings is 1. The van der Waals surface area contributed by atoms with E-state index in [-0.39, 0.29) is 43.7 Å². The number of aliphatic hydroxyl groups is 1. The number of piperidine rings is 2. The number of halogens is 3. The normalized spacial score (nSPS) is 26.1. The summed E-state index contributed by atoms with van der Waals surface area (Å²) in [5.74, 6) is -1.60. The number of pyridine rings is 1. The second-order valence-electron chi connectivity index (χ2n) is 10.3. The number of amides is 3. The average Bonchev–Trinajstić information content (AvgIpc) is 3.21. The third kappa shape index (κ3) is 5.28. The highest BCUT2D eigenvalue weighted by Crippen LogP contribution is 2.39. The molecule has 0 bridgehead atoms. The first-order valence-corrected chi connectivity index (χ1v) is 12.7. The molecule has 4 heterocycles. The lowest BCUT2D eigenvalue weighted by Crippen LogP contribution is -2.52. The Hall–Kier alpha value is -3.35. The van der Waals surface area contributed by atoms with E-state index in [4.69, 9.17) is 4.74 Å². The van der Waals surface area contributed by atoms with Gasteiger partial charge in [0.05, 0.1) is 35.7 Å². The summed E-state index contributed by atoms with van der Waals surface area (Å²) in [6.07, 6.45) is -3.70. The smallest absolute Gasteiger partial charge is 0.384 e. The van der Waals surface area contributed by atoms with Gasteiger partial charge in [-0.1, -0.05) is 12.1 Å². The highest BCUT2D eigenvalue weighted by Gasteiger charge is 2.46. The third-order valence-electron chi connectivity index (χ3n) is 7.83. The van der Waals surface area contributed by atoms with Crippen LogP contribution in [0.2, 0.25) is 0 Å². The van der Waals surface area contributed by atoms with Crippen LogP contribution in [0.3, 0.4) is 0 Å². The molecule has 2 N–H and O–H groups in total. The molecule has 3 aliphatic heterocycles. The third-order valence-corrected chi connectivity index (χ3v) is 7.83. The van der Waals surface area contributed by atoms with E-state index in [2.05, 4.69) is 15.2 Å². The second kappa shape index (κ2) is 10.3. The van der Waals surface area contributed by atoms with Gasteiger partial charge in [-0.2, -0.15) is 13.2 Å². The zero-order valence-electron chi connectivity index (χ0n) is 21.3. The van der Waals surface area contributed by atoms with E-state index in [0.29, 0.717) is 43.0 Å². The summed E-state index contributed by atoms with van der Waals surface area (Å²) in [5.41, 5.74) is -0.113. The molecule has 0 spiro atoms. The van der Waals surface area contributed by atoms with Crippen LogP contribution < -0.4 is 5.32 Å². The molecule has 0 radical (unpaired) electrons. The molecule has 5 rings (SSSR count). The van der Waals surface area contributed by atoms with Crippen molar-refractivity contribution in [2.24, 2.45) is 5.92 Å². The van der Waals surface area contributed by atoms with Crippen LogP contribution in [-0.4, -0.2) is 70.5 Å². The minimum atomic E-state index is -4.39. The van der Waals surface area contributed by atoms with E-state index in [9.17, 15) is 32.7 Å². The molecule has 2 fully saturated rings. The van der Waals surface area contributed by atoms with Gasteiger partial charge in [-0.3, -0.25) is 29.6 Å². The number of methoxy groups -OCH3 is 1.